The van der Waals surface area contributed by atoms with Crippen LogP contribution in [0.4, 0.5) is 11.4 Å². The van der Waals surface area contributed by atoms with Crippen LogP contribution in [-0.4, -0.2) is 39.0 Å². The minimum Gasteiger partial charge on any atom is -0.494 e. The van der Waals surface area contributed by atoms with E-state index in [2.05, 4.69) is 17.2 Å². The summed E-state index contributed by atoms with van der Waals surface area (Å²) in [7, 11) is 2.94. The molecule has 0 atom stereocenters. The maximum Gasteiger partial charge on any atom is 0.243 e. The number of methoxy groups -OCH3 is 2. The highest BCUT2D eigenvalue weighted by atomic mass is 16.5. The van der Waals surface area contributed by atoms with Gasteiger partial charge in [0.25, 0.3) is 0 Å². The Morgan fingerprint density at radius 3 is 2.50 bits per heavy atom. The molecule has 0 saturated carbocycles. The standard InChI is InChI=1S/C15H21N3O4/c1-5-12(20)17-6-7-18-14-11(21-3)8-10(9(2)19)13(16)15(14)22-4/h5,8,18H,1,6-7,16H2,2-4H3,(H,17,20). The van der Waals surface area contributed by atoms with Crippen LogP contribution in [0.15, 0.2) is 18.7 Å². The van der Waals surface area contributed by atoms with E-state index in [9.17, 15) is 9.59 Å². The summed E-state index contributed by atoms with van der Waals surface area (Å²) >= 11 is 0. The summed E-state index contributed by atoms with van der Waals surface area (Å²) in [5, 5.41) is 5.72. The molecule has 0 heterocycles. The van der Waals surface area contributed by atoms with Gasteiger partial charge < -0.3 is 25.8 Å². The highest BCUT2D eigenvalue weighted by molar-refractivity contribution is 6.02. The maximum atomic E-state index is 11.6. The Hall–Kier alpha value is -2.70. The number of nitrogens with two attached hydrogens (primary N) is 1. The molecule has 120 valence electrons. The number of Topliss-reactive ketones (excluding diaryl/α,β-unsaturated/α-hetero) is 1. The molecule has 1 aromatic rings. The first-order valence-electron chi connectivity index (χ1n) is 6.65. The molecule has 7 nitrogen and oxygen atoms in total. The zero-order valence-corrected chi connectivity index (χ0v) is 13.0. The number of hydrogen-bond donors (Lipinski definition) is 3. The molecule has 0 aliphatic heterocycles. The highest BCUT2D eigenvalue weighted by Gasteiger charge is 2.19. The zero-order chi connectivity index (χ0) is 16.7. The zero-order valence-electron chi connectivity index (χ0n) is 13.0. The first-order chi connectivity index (χ1) is 10.5. The molecule has 0 aromatic heterocycles. The number of hydrogen-bond acceptors (Lipinski definition) is 6. The van der Waals surface area contributed by atoms with Gasteiger partial charge >= 0.3 is 0 Å². The fourth-order valence-electron chi connectivity index (χ4n) is 1.93. The van der Waals surface area contributed by atoms with Crippen molar-refractivity contribution in [2.45, 2.75) is 6.92 Å². The topological polar surface area (TPSA) is 103 Å². The van der Waals surface area contributed by atoms with Crippen LogP contribution in [0.1, 0.15) is 17.3 Å². The van der Waals surface area contributed by atoms with Crippen LogP contribution in [0.5, 0.6) is 11.5 Å². The van der Waals surface area contributed by atoms with E-state index in [4.69, 9.17) is 15.2 Å². The van der Waals surface area contributed by atoms with Crippen LogP contribution in [0.2, 0.25) is 0 Å². The SMILES string of the molecule is C=CC(=O)NCCNc1c(OC)cc(C(C)=O)c(N)c1OC. The summed E-state index contributed by atoms with van der Waals surface area (Å²) in [6, 6.07) is 1.56. The Kier molecular flexibility index (Phi) is 6.25. The number of ketones is 1. The van der Waals surface area contributed by atoms with E-state index in [1.54, 1.807) is 6.07 Å². The number of nitrogens with one attached hydrogen (secondary N) is 2. The number of anilines is 2. The van der Waals surface area contributed by atoms with Crippen molar-refractivity contribution in [3.8, 4) is 11.5 Å². The van der Waals surface area contributed by atoms with Crippen molar-refractivity contribution in [1.82, 2.24) is 5.32 Å². The molecule has 0 saturated heterocycles. The smallest absolute Gasteiger partial charge is 0.243 e. The van der Waals surface area contributed by atoms with E-state index >= 15 is 0 Å². The molecule has 0 unspecified atom stereocenters. The van der Waals surface area contributed by atoms with Crippen molar-refractivity contribution in [3.63, 3.8) is 0 Å². The van der Waals surface area contributed by atoms with E-state index in [-0.39, 0.29) is 17.4 Å². The van der Waals surface area contributed by atoms with Crippen molar-refractivity contribution in [3.05, 3.63) is 24.3 Å². The van der Waals surface area contributed by atoms with Crippen LogP contribution in [-0.2, 0) is 4.79 Å². The lowest BCUT2D eigenvalue weighted by atomic mass is 10.1. The highest BCUT2D eigenvalue weighted by Crippen LogP contribution is 2.41. The van der Waals surface area contributed by atoms with Crippen LogP contribution >= 0.6 is 0 Å². The predicted octanol–water partition coefficient (Wildman–Crippen LogP) is 1.20. The van der Waals surface area contributed by atoms with Crippen molar-refractivity contribution in [2.75, 3.05) is 38.4 Å². The lowest BCUT2D eigenvalue weighted by molar-refractivity contribution is -0.116. The number of amides is 1. The molecule has 0 aliphatic rings. The number of rotatable bonds is 8. The molecule has 0 bridgehead atoms. The molecular formula is C15H21N3O4. The molecule has 1 amide bonds. The average Bonchev–Trinajstić information content (AvgIpc) is 2.50. The Labute approximate surface area is 129 Å². The van der Waals surface area contributed by atoms with Gasteiger partial charge in [-0.1, -0.05) is 6.58 Å². The molecule has 0 aliphatic carbocycles. The third-order valence-corrected chi connectivity index (χ3v) is 3.00. The van der Waals surface area contributed by atoms with Crippen molar-refractivity contribution in [1.29, 1.82) is 0 Å². The van der Waals surface area contributed by atoms with E-state index < -0.39 is 0 Å². The number of carbonyl (C=O) groups excluding carboxylic acids is 2. The Balaban J connectivity index is 3.02. The lowest BCUT2D eigenvalue weighted by Crippen LogP contribution is -2.27. The summed E-state index contributed by atoms with van der Waals surface area (Å²) in [6.45, 7) is 5.59. The largest absolute Gasteiger partial charge is 0.494 e. The number of nitrogen functional groups attached to an aromatic ring is 1. The van der Waals surface area contributed by atoms with Gasteiger partial charge in [-0.25, -0.2) is 0 Å². The molecular weight excluding hydrogens is 286 g/mol. The fourth-order valence-corrected chi connectivity index (χ4v) is 1.93. The van der Waals surface area contributed by atoms with E-state index in [1.165, 1.54) is 27.2 Å². The van der Waals surface area contributed by atoms with Gasteiger partial charge in [0.2, 0.25) is 5.91 Å². The number of benzene rings is 1. The Bertz CT molecular complexity index is 585. The maximum absolute atomic E-state index is 11.6. The number of ether oxygens (including phenoxy) is 2. The molecule has 4 N–H and O–H groups in total. The molecule has 22 heavy (non-hydrogen) atoms. The quantitative estimate of drug-likeness (QED) is 0.289. The normalized spacial score (nSPS) is 9.77. The molecule has 0 spiro atoms. The van der Waals surface area contributed by atoms with Gasteiger partial charge in [-0.15, -0.1) is 0 Å². The van der Waals surface area contributed by atoms with Gasteiger partial charge in [-0.05, 0) is 19.1 Å². The number of carbonyl (C=O) groups is 2. The third kappa shape index (κ3) is 3.91. The summed E-state index contributed by atoms with van der Waals surface area (Å²) in [4.78, 5) is 22.7. The first kappa shape index (κ1) is 17.4. The second kappa shape index (κ2) is 7.92. The van der Waals surface area contributed by atoms with Crippen molar-refractivity contribution in [2.24, 2.45) is 0 Å². The van der Waals surface area contributed by atoms with E-state index in [1.807, 2.05) is 0 Å². The summed E-state index contributed by atoms with van der Waals surface area (Å²) < 4.78 is 10.6. The molecule has 1 rings (SSSR count). The molecule has 0 radical (unpaired) electrons. The summed E-state index contributed by atoms with van der Waals surface area (Å²) in [6.07, 6.45) is 1.20. The van der Waals surface area contributed by atoms with Crippen molar-refractivity contribution < 1.29 is 19.1 Å². The average molecular weight is 307 g/mol. The second-order valence-corrected chi connectivity index (χ2v) is 4.43. The minimum atomic E-state index is -0.257. The van der Waals surface area contributed by atoms with Gasteiger partial charge in [-0.3, -0.25) is 9.59 Å². The second-order valence-electron chi connectivity index (χ2n) is 4.43. The van der Waals surface area contributed by atoms with Gasteiger partial charge in [0.1, 0.15) is 11.4 Å². The minimum absolute atomic E-state index is 0.182. The van der Waals surface area contributed by atoms with Crippen LogP contribution < -0.4 is 25.8 Å². The van der Waals surface area contributed by atoms with E-state index in [0.717, 1.165) is 0 Å². The first-order valence-corrected chi connectivity index (χ1v) is 6.65. The Morgan fingerprint density at radius 2 is 2.00 bits per heavy atom. The Morgan fingerprint density at radius 1 is 1.32 bits per heavy atom. The predicted molar refractivity (Wildman–Crippen MR) is 85.7 cm³/mol. The van der Waals surface area contributed by atoms with Crippen LogP contribution in [0, 0.1) is 0 Å². The van der Waals surface area contributed by atoms with Crippen LogP contribution in [0.3, 0.4) is 0 Å². The summed E-state index contributed by atoms with van der Waals surface area (Å²) in [5.74, 6) is 0.331. The molecule has 1 aromatic carbocycles. The third-order valence-electron chi connectivity index (χ3n) is 3.00. The van der Waals surface area contributed by atoms with Crippen LogP contribution in [0.25, 0.3) is 0 Å². The van der Waals surface area contributed by atoms with Gasteiger partial charge in [0, 0.05) is 18.7 Å². The van der Waals surface area contributed by atoms with Crippen molar-refractivity contribution >= 4 is 23.1 Å². The van der Waals surface area contributed by atoms with E-state index in [0.29, 0.717) is 35.8 Å². The molecule has 0 fully saturated rings. The monoisotopic (exact) mass is 307 g/mol. The van der Waals surface area contributed by atoms with Gasteiger partial charge in [0.05, 0.1) is 19.9 Å². The van der Waals surface area contributed by atoms with Gasteiger partial charge in [-0.2, -0.15) is 0 Å². The lowest BCUT2D eigenvalue weighted by Gasteiger charge is -2.18. The fraction of sp³-hybridized carbons (Fsp3) is 0.333. The molecule has 7 heteroatoms. The van der Waals surface area contributed by atoms with Gasteiger partial charge in [0.15, 0.2) is 11.5 Å². The summed E-state index contributed by atoms with van der Waals surface area (Å²) in [5.41, 5.74) is 7.07.